The minimum absolute atomic E-state index is 0.0247. The van der Waals surface area contributed by atoms with E-state index >= 15 is 0 Å². The van der Waals surface area contributed by atoms with Gasteiger partial charge in [0.15, 0.2) is 5.82 Å². The quantitative estimate of drug-likeness (QED) is 0.268. The molecular weight excluding hydrogens is 559 g/mol. The number of aromatic nitrogens is 4. The molecule has 0 bridgehead atoms. The number of anilines is 1. The first-order valence-corrected chi connectivity index (χ1v) is 13.8. The molecule has 2 aromatic heterocycles. The van der Waals surface area contributed by atoms with Crippen LogP contribution in [0.3, 0.4) is 0 Å². The maximum absolute atomic E-state index is 14.2. The number of amides is 1. The molecule has 1 N–H and O–H groups in total. The number of carbonyl (C=O) groups excluding carboxylic acids is 1. The molecule has 0 atom stereocenters. The molecule has 1 fully saturated rings. The summed E-state index contributed by atoms with van der Waals surface area (Å²) in [6.45, 7) is 0.786. The van der Waals surface area contributed by atoms with Crippen molar-refractivity contribution in [2.75, 3.05) is 25.2 Å². The van der Waals surface area contributed by atoms with E-state index in [0.717, 1.165) is 35.7 Å². The van der Waals surface area contributed by atoms with Gasteiger partial charge in [-0.3, -0.25) is 9.69 Å². The Morgan fingerprint density at radius 1 is 1.12 bits per heavy atom. The lowest BCUT2D eigenvalue weighted by Gasteiger charge is -2.19. The molecule has 2 aromatic carbocycles. The molecule has 0 saturated heterocycles. The van der Waals surface area contributed by atoms with Crippen molar-refractivity contribution < 1.29 is 22.7 Å². The number of nitriles is 1. The van der Waals surface area contributed by atoms with Crippen LogP contribution in [-0.4, -0.2) is 45.9 Å². The molecule has 1 saturated carbocycles. The number of alkyl halides is 3. The largest absolute Gasteiger partial charge is 0.416 e. The number of ether oxygens (including phenoxy) is 1. The number of methoxy groups -OCH3 is 1. The highest BCUT2D eigenvalue weighted by Crippen LogP contribution is 2.44. The van der Waals surface area contributed by atoms with Crippen molar-refractivity contribution in [2.24, 2.45) is 7.05 Å². The van der Waals surface area contributed by atoms with Crippen molar-refractivity contribution in [3.05, 3.63) is 82.3 Å². The Bertz CT molecular complexity index is 1760. The SMILES string of the molecule is COCCNCc1cc2c(c(C(F)(F)F)c1)CN(c1cc(-c3ccc(C#N)cc3-c3nncn3C)cc(C3CC3)n1)C2=O. The Hall–Kier alpha value is -4.60. The summed E-state index contributed by atoms with van der Waals surface area (Å²) < 4.78 is 49.5. The Balaban J connectivity index is 1.43. The number of fused-ring (bicyclic) bond motifs is 1. The number of hydrogen-bond acceptors (Lipinski definition) is 7. The van der Waals surface area contributed by atoms with Crippen LogP contribution in [0.1, 0.15) is 57.1 Å². The summed E-state index contributed by atoms with van der Waals surface area (Å²) >= 11 is 0. The third kappa shape index (κ3) is 5.61. The second-order valence-electron chi connectivity index (χ2n) is 10.8. The van der Waals surface area contributed by atoms with Crippen LogP contribution in [0.2, 0.25) is 0 Å². The Morgan fingerprint density at radius 3 is 2.60 bits per heavy atom. The number of hydrogen-bond donors (Lipinski definition) is 1. The molecule has 0 radical (unpaired) electrons. The van der Waals surface area contributed by atoms with Gasteiger partial charge in [-0.05, 0) is 71.5 Å². The number of benzene rings is 2. The van der Waals surface area contributed by atoms with E-state index < -0.39 is 17.6 Å². The van der Waals surface area contributed by atoms with Crippen LogP contribution in [0.5, 0.6) is 0 Å². The number of rotatable bonds is 9. The van der Waals surface area contributed by atoms with Crippen molar-refractivity contribution in [1.82, 2.24) is 25.1 Å². The van der Waals surface area contributed by atoms with Gasteiger partial charge in [-0.15, -0.1) is 10.2 Å². The fourth-order valence-corrected chi connectivity index (χ4v) is 5.41. The standard InChI is InChI=1S/C31H28F3N7O2/c1-40-17-37-39-29(40)23-9-18(14-35)3-6-22(23)21-12-27(20-4-5-20)38-28(13-21)41-16-25-24(30(41)42)10-19(15-36-7-8-43-2)11-26(25)31(32,33)34/h3,6,9-13,17,20,36H,4-5,7-8,15-16H2,1-2H3. The van der Waals surface area contributed by atoms with E-state index in [1.807, 2.05) is 12.1 Å². The van der Waals surface area contributed by atoms with E-state index in [-0.39, 0.29) is 36.0 Å². The van der Waals surface area contributed by atoms with Gasteiger partial charge >= 0.3 is 6.18 Å². The first kappa shape index (κ1) is 28.5. The average molecular weight is 588 g/mol. The molecule has 4 aromatic rings. The summed E-state index contributed by atoms with van der Waals surface area (Å²) in [6, 6.07) is 13.7. The third-order valence-corrected chi connectivity index (χ3v) is 7.73. The zero-order valence-corrected chi connectivity index (χ0v) is 23.6. The fourth-order valence-electron chi connectivity index (χ4n) is 5.41. The summed E-state index contributed by atoms with van der Waals surface area (Å²) in [6.07, 6.45) is -1.20. The predicted molar refractivity (Wildman–Crippen MR) is 152 cm³/mol. The Labute approximate surface area is 245 Å². The lowest BCUT2D eigenvalue weighted by Crippen LogP contribution is -2.24. The molecule has 2 aliphatic rings. The summed E-state index contributed by atoms with van der Waals surface area (Å²) in [4.78, 5) is 19.9. The van der Waals surface area contributed by atoms with Crippen molar-refractivity contribution in [3.8, 4) is 28.6 Å². The first-order chi connectivity index (χ1) is 20.7. The van der Waals surface area contributed by atoms with Gasteiger partial charge < -0.3 is 14.6 Å². The minimum atomic E-state index is -4.63. The monoisotopic (exact) mass is 587 g/mol. The number of halogens is 3. The number of carbonyl (C=O) groups is 1. The summed E-state index contributed by atoms with van der Waals surface area (Å²) in [5.74, 6) is 0.497. The van der Waals surface area contributed by atoms with Crippen LogP contribution in [0.15, 0.2) is 48.8 Å². The highest BCUT2D eigenvalue weighted by atomic mass is 19.4. The lowest BCUT2D eigenvalue weighted by atomic mass is 9.96. The highest BCUT2D eigenvalue weighted by molar-refractivity contribution is 6.10. The van der Waals surface area contributed by atoms with Gasteiger partial charge in [0.05, 0.1) is 30.3 Å². The van der Waals surface area contributed by atoms with E-state index in [9.17, 15) is 23.2 Å². The molecule has 12 heteroatoms. The molecular formula is C31H28F3N7O2. The molecule has 3 heterocycles. The Morgan fingerprint density at radius 2 is 1.93 bits per heavy atom. The van der Waals surface area contributed by atoms with Crippen LogP contribution in [0, 0.1) is 11.3 Å². The smallest absolute Gasteiger partial charge is 0.383 e. The van der Waals surface area contributed by atoms with Crippen LogP contribution in [0.25, 0.3) is 22.5 Å². The molecule has 43 heavy (non-hydrogen) atoms. The van der Waals surface area contributed by atoms with Crippen LogP contribution in [-0.2, 0) is 31.1 Å². The zero-order chi connectivity index (χ0) is 30.3. The normalized spacial score (nSPS) is 14.7. The van der Waals surface area contributed by atoms with Gasteiger partial charge in [0.1, 0.15) is 12.1 Å². The van der Waals surface area contributed by atoms with Gasteiger partial charge in [0, 0.05) is 50.0 Å². The summed E-state index contributed by atoms with van der Waals surface area (Å²) in [5.41, 5.74) is 2.84. The van der Waals surface area contributed by atoms with Crippen LogP contribution >= 0.6 is 0 Å². The average Bonchev–Trinajstić information content (AvgIpc) is 3.68. The predicted octanol–water partition coefficient (Wildman–Crippen LogP) is 5.21. The second kappa shape index (κ2) is 11.2. The van der Waals surface area contributed by atoms with E-state index in [2.05, 4.69) is 21.6 Å². The van der Waals surface area contributed by atoms with Crippen LogP contribution in [0.4, 0.5) is 19.0 Å². The summed E-state index contributed by atoms with van der Waals surface area (Å²) in [5, 5.41) is 20.8. The molecule has 1 aliphatic heterocycles. The number of pyridine rings is 1. The van der Waals surface area contributed by atoms with Crippen LogP contribution < -0.4 is 10.2 Å². The minimum Gasteiger partial charge on any atom is -0.383 e. The highest BCUT2D eigenvalue weighted by Gasteiger charge is 2.41. The topological polar surface area (TPSA) is 109 Å². The maximum Gasteiger partial charge on any atom is 0.416 e. The summed E-state index contributed by atoms with van der Waals surface area (Å²) in [7, 11) is 3.34. The van der Waals surface area contributed by atoms with E-state index in [4.69, 9.17) is 9.72 Å². The van der Waals surface area contributed by atoms with Crippen molar-refractivity contribution in [3.63, 3.8) is 0 Å². The molecule has 1 amide bonds. The van der Waals surface area contributed by atoms with Gasteiger partial charge in [-0.25, -0.2) is 4.98 Å². The number of aryl methyl sites for hydroxylation is 1. The number of nitrogens with zero attached hydrogens (tertiary/aromatic N) is 6. The molecule has 0 spiro atoms. The number of nitrogens with one attached hydrogen (secondary N) is 1. The molecule has 1 aliphatic carbocycles. The van der Waals surface area contributed by atoms with Gasteiger partial charge in [-0.1, -0.05) is 6.07 Å². The fraction of sp³-hybridized carbons (Fsp3) is 0.323. The van der Waals surface area contributed by atoms with Crippen molar-refractivity contribution in [1.29, 1.82) is 5.26 Å². The molecule has 6 rings (SSSR count). The van der Waals surface area contributed by atoms with Gasteiger partial charge in [0.25, 0.3) is 5.91 Å². The van der Waals surface area contributed by atoms with Crippen molar-refractivity contribution >= 4 is 11.7 Å². The van der Waals surface area contributed by atoms with E-state index in [1.165, 1.54) is 11.0 Å². The first-order valence-electron chi connectivity index (χ1n) is 13.8. The second-order valence-corrected chi connectivity index (χ2v) is 10.8. The molecule has 0 unspecified atom stereocenters. The Kier molecular flexibility index (Phi) is 7.45. The van der Waals surface area contributed by atoms with Gasteiger partial charge in [0.2, 0.25) is 0 Å². The van der Waals surface area contributed by atoms with E-state index in [0.29, 0.717) is 35.7 Å². The molecule has 220 valence electrons. The molecule has 9 nitrogen and oxygen atoms in total. The lowest BCUT2D eigenvalue weighted by molar-refractivity contribution is -0.138. The zero-order valence-electron chi connectivity index (χ0n) is 23.6. The maximum atomic E-state index is 14.2. The van der Waals surface area contributed by atoms with Gasteiger partial charge in [-0.2, -0.15) is 18.4 Å². The van der Waals surface area contributed by atoms with Crippen molar-refractivity contribution in [2.45, 2.75) is 38.0 Å². The van der Waals surface area contributed by atoms with E-state index in [1.54, 1.807) is 43.3 Å². The third-order valence-electron chi connectivity index (χ3n) is 7.73.